The molecule has 0 aliphatic rings. The highest BCUT2D eigenvalue weighted by atomic mass is 19.4. The molecule has 0 atom stereocenters. The number of benzene rings is 2. The van der Waals surface area contributed by atoms with Crippen molar-refractivity contribution in [2.24, 2.45) is 0 Å². The average Bonchev–Trinajstić information content (AvgIpc) is 2.54. The molecule has 0 spiro atoms. The Labute approximate surface area is 150 Å². The van der Waals surface area contributed by atoms with Crippen molar-refractivity contribution >= 4 is 11.6 Å². The first-order valence-corrected chi connectivity index (χ1v) is 7.65. The van der Waals surface area contributed by atoms with Gasteiger partial charge in [-0.1, -0.05) is 6.07 Å². The van der Waals surface area contributed by atoms with E-state index in [1.165, 1.54) is 0 Å². The number of nitrogens with one attached hydrogen (secondary N) is 1. The zero-order chi connectivity index (χ0) is 20.4. The molecule has 0 saturated heterocycles. The van der Waals surface area contributed by atoms with Crippen LogP contribution in [0.3, 0.4) is 0 Å². The highest BCUT2D eigenvalue weighted by molar-refractivity contribution is 5.92. The summed E-state index contributed by atoms with van der Waals surface area (Å²) in [7, 11) is 0. The number of hydrogen-bond donors (Lipinski definition) is 1. The molecular formula is C18H15F6NO2. The van der Waals surface area contributed by atoms with Gasteiger partial charge in [-0.15, -0.1) is 0 Å². The first-order valence-electron chi connectivity index (χ1n) is 7.65. The van der Waals surface area contributed by atoms with Gasteiger partial charge in [-0.2, -0.15) is 26.3 Å². The summed E-state index contributed by atoms with van der Waals surface area (Å²) >= 11 is 0. The van der Waals surface area contributed by atoms with Crippen LogP contribution >= 0.6 is 0 Å². The van der Waals surface area contributed by atoms with Crippen molar-refractivity contribution in [2.75, 3.05) is 11.9 Å². The zero-order valence-corrected chi connectivity index (χ0v) is 14.3. The number of alkyl halides is 6. The fourth-order valence-electron chi connectivity index (χ4n) is 2.18. The molecule has 0 fully saturated rings. The van der Waals surface area contributed by atoms with Crippen molar-refractivity contribution in [1.29, 1.82) is 0 Å². The highest BCUT2D eigenvalue weighted by Gasteiger charge is 2.37. The first kappa shape index (κ1) is 20.6. The molecule has 2 aromatic carbocycles. The number of carbonyl (C=O) groups excluding carboxylic acids is 1. The van der Waals surface area contributed by atoms with E-state index in [-0.39, 0.29) is 6.07 Å². The van der Waals surface area contributed by atoms with E-state index in [1.54, 1.807) is 18.2 Å². The Morgan fingerprint density at radius 3 is 1.93 bits per heavy atom. The van der Waals surface area contributed by atoms with E-state index < -0.39 is 41.7 Å². The average molecular weight is 391 g/mol. The van der Waals surface area contributed by atoms with Gasteiger partial charge in [0.15, 0.2) is 6.61 Å². The van der Waals surface area contributed by atoms with Gasteiger partial charge < -0.3 is 10.1 Å². The van der Waals surface area contributed by atoms with Crippen molar-refractivity contribution in [3.05, 3.63) is 58.7 Å². The smallest absolute Gasteiger partial charge is 0.416 e. The van der Waals surface area contributed by atoms with Crippen LogP contribution in [0.5, 0.6) is 5.75 Å². The topological polar surface area (TPSA) is 38.3 Å². The summed E-state index contributed by atoms with van der Waals surface area (Å²) in [4.78, 5) is 11.9. The Balaban J connectivity index is 2.15. The van der Waals surface area contributed by atoms with Gasteiger partial charge in [0, 0.05) is 5.69 Å². The largest absolute Gasteiger partial charge is 0.484 e. The van der Waals surface area contributed by atoms with Crippen LogP contribution in [0.25, 0.3) is 0 Å². The molecule has 1 amide bonds. The molecule has 0 aliphatic carbocycles. The molecule has 2 rings (SSSR count). The molecule has 0 bridgehead atoms. The van der Waals surface area contributed by atoms with Gasteiger partial charge in [0.05, 0.1) is 11.1 Å². The van der Waals surface area contributed by atoms with E-state index in [2.05, 4.69) is 0 Å². The van der Waals surface area contributed by atoms with Gasteiger partial charge in [-0.25, -0.2) is 0 Å². The van der Waals surface area contributed by atoms with E-state index in [4.69, 9.17) is 4.74 Å². The zero-order valence-electron chi connectivity index (χ0n) is 14.3. The SMILES string of the molecule is Cc1ccc(OCC(=O)Nc2cc(C(F)(F)F)cc(C(F)(F)F)c2)cc1C. The van der Waals surface area contributed by atoms with Crippen LogP contribution in [0.2, 0.25) is 0 Å². The Morgan fingerprint density at radius 2 is 1.44 bits per heavy atom. The summed E-state index contributed by atoms with van der Waals surface area (Å²) in [5, 5.41) is 2.00. The number of halogens is 6. The molecule has 9 heteroatoms. The molecular weight excluding hydrogens is 376 g/mol. The maximum absolute atomic E-state index is 12.8. The van der Waals surface area contributed by atoms with E-state index in [9.17, 15) is 31.1 Å². The molecule has 0 saturated carbocycles. The van der Waals surface area contributed by atoms with Crippen molar-refractivity contribution in [1.82, 2.24) is 0 Å². The third-order valence-electron chi connectivity index (χ3n) is 3.72. The Hall–Kier alpha value is -2.71. The Bertz CT molecular complexity index is 810. The molecule has 27 heavy (non-hydrogen) atoms. The summed E-state index contributed by atoms with van der Waals surface area (Å²) in [5.74, 6) is -0.533. The van der Waals surface area contributed by atoms with E-state index >= 15 is 0 Å². The van der Waals surface area contributed by atoms with E-state index in [1.807, 2.05) is 19.2 Å². The third-order valence-corrected chi connectivity index (χ3v) is 3.72. The lowest BCUT2D eigenvalue weighted by Gasteiger charge is -2.15. The van der Waals surface area contributed by atoms with Crippen LogP contribution in [0.4, 0.5) is 32.0 Å². The lowest BCUT2D eigenvalue weighted by Crippen LogP contribution is -2.21. The standard InChI is InChI=1S/C18H15F6NO2/c1-10-3-4-15(5-11(10)2)27-9-16(26)25-14-7-12(17(19,20)21)6-13(8-14)18(22,23)24/h3-8H,9H2,1-2H3,(H,25,26). The van der Waals surface area contributed by atoms with Crippen LogP contribution in [0.1, 0.15) is 22.3 Å². The van der Waals surface area contributed by atoms with E-state index in [0.29, 0.717) is 17.9 Å². The van der Waals surface area contributed by atoms with Crippen molar-refractivity contribution in [3.63, 3.8) is 0 Å². The summed E-state index contributed by atoms with van der Waals surface area (Å²) in [5.41, 5.74) is -1.74. The second kappa shape index (κ2) is 7.50. The molecule has 0 aromatic heterocycles. The maximum atomic E-state index is 12.8. The molecule has 1 N–H and O–H groups in total. The Kier molecular flexibility index (Phi) is 5.72. The quantitative estimate of drug-likeness (QED) is 0.713. The van der Waals surface area contributed by atoms with Gasteiger partial charge in [0.1, 0.15) is 5.75 Å². The third kappa shape index (κ3) is 5.63. The first-order chi connectivity index (χ1) is 12.4. The predicted molar refractivity (Wildman–Crippen MR) is 86.5 cm³/mol. The summed E-state index contributed by atoms with van der Waals surface area (Å²) in [6.07, 6.45) is -9.98. The number of ether oxygens (including phenoxy) is 1. The van der Waals surface area contributed by atoms with Crippen molar-refractivity contribution in [2.45, 2.75) is 26.2 Å². The summed E-state index contributed by atoms with van der Waals surface area (Å²) in [6, 6.07) is 5.87. The second-order valence-electron chi connectivity index (χ2n) is 5.88. The fourth-order valence-corrected chi connectivity index (χ4v) is 2.18. The molecule has 0 heterocycles. The summed E-state index contributed by atoms with van der Waals surface area (Å²) < 4.78 is 82.1. The van der Waals surface area contributed by atoms with Gasteiger partial charge in [0.25, 0.3) is 5.91 Å². The van der Waals surface area contributed by atoms with Crippen molar-refractivity contribution < 1.29 is 35.9 Å². The number of amides is 1. The molecule has 0 unspecified atom stereocenters. The predicted octanol–water partition coefficient (Wildman–Crippen LogP) is 5.36. The normalized spacial score (nSPS) is 12.0. The maximum Gasteiger partial charge on any atom is 0.416 e. The van der Waals surface area contributed by atoms with Gasteiger partial charge in [-0.05, 0) is 55.3 Å². The number of hydrogen-bond acceptors (Lipinski definition) is 2. The van der Waals surface area contributed by atoms with Gasteiger partial charge in [0.2, 0.25) is 0 Å². The molecule has 0 aliphatic heterocycles. The van der Waals surface area contributed by atoms with E-state index in [0.717, 1.165) is 11.1 Å². The lowest BCUT2D eigenvalue weighted by atomic mass is 10.1. The minimum atomic E-state index is -4.99. The highest BCUT2D eigenvalue weighted by Crippen LogP contribution is 2.37. The fraction of sp³-hybridized carbons (Fsp3) is 0.278. The molecule has 146 valence electrons. The second-order valence-corrected chi connectivity index (χ2v) is 5.88. The number of carbonyl (C=O) groups is 1. The van der Waals surface area contributed by atoms with Crippen molar-refractivity contribution in [3.8, 4) is 5.75 Å². The van der Waals surface area contributed by atoms with Gasteiger partial charge in [-0.3, -0.25) is 4.79 Å². The van der Waals surface area contributed by atoms with Gasteiger partial charge >= 0.3 is 12.4 Å². The van der Waals surface area contributed by atoms with Crippen LogP contribution in [0.15, 0.2) is 36.4 Å². The number of anilines is 1. The van der Waals surface area contributed by atoms with Crippen LogP contribution < -0.4 is 10.1 Å². The number of aryl methyl sites for hydroxylation is 2. The Morgan fingerprint density at radius 1 is 0.889 bits per heavy atom. The monoisotopic (exact) mass is 391 g/mol. The van der Waals surface area contributed by atoms with Crippen LogP contribution in [-0.4, -0.2) is 12.5 Å². The van der Waals surface area contributed by atoms with Crippen LogP contribution in [0, 0.1) is 13.8 Å². The molecule has 2 aromatic rings. The minimum absolute atomic E-state index is 0.0127. The molecule has 0 radical (unpaired) electrons. The molecule has 3 nitrogen and oxygen atoms in total. The van der Waals surface area contributed by atoms with Crippen LogP contribution in [-0.2, 0) is 17.1 Å². The minimum Gasteiger partial charge on any atom is -0.484 e. The number of rotatable bonds is 4. The lowest BCUT2D eigenvalue weighted by molar-refractivity contribution is -0.143. The summed E-state index contributed by atoms with van der Waals surface area (Å²) in [6.45, 7) is 3.13.